The molecule has 2 heterocycles. The van der Waals surface area contributed by atoms with Crippen LogP contribution in [0.4, 0.5) is 5.82 Å². The van der Waals surface area contributed by atoms with Gasteiger partial charge in [-0.25, -0.2) is 9.97 Å². The number of carbonyl (C=O) groups is 1. The molecule has 7 heteroatoms. The van der Waals surface area contributed by atoms with Crippen LogP contribution in [0.25, 0.3) is 10.8 Å². The molecule has 2 aromatic carbocycles. The van der Waals surface area contributed by atoms with Crippen molar-refractivity contribution in [3.05, 3.63) is 65.6 Å². The first-order chi connectivity index (χ1) is 14.1. The van der Waals surface area contributed by atoms with Gasteiger partial charge in [-0.2, -0.15) is 0 Å². The first kappa shape index (κ1) is 19.6. The number of rotatable bonds is 5. The molecule has 0 saturated carbocycles. The van der Waals surface area contributed by atoms with E-state index in [1.54, 1.807) is 6.20 Å². The van der Waals surface area contributed by atoms with Crippen LogP contribution in [0.3, 0.4) is 0 Å². The molecule has 1 atom stereocenters. The number of nitrogens with zero attached hydrogens (tertiary/aromatic N) is 4. The van der Waals surface area contributed by atoms with Gasteiger partial charge in [-0.15, -0.1) is 0 Å². The minimum atomic E-state index is -0.0466. The summed E-state index contributed by atoms with van der Waals surface area (Å²) in [5, 5.41) is 6.07. The number of amides is 1. The van der Waals surface area contributed by atoms with E-state index in [1.807, 2.05) is 25.1 Å². The highest BCUT2D eigenvalue weighted by atomic mass is 35.5. The number of anilines is 1. The summed E-state index contributed by atoms with van der Waals surface area (Å²) in [5.74, 6) is 0.800. The van der Waals surface area contributed by atoms with Crippen LogP contribution >= 0.6 is 11.6 Å². The van der Waals surface area contributed by atoms with Crippen LogP contribution in [0.1, 0.15) is 18.5 Å². The minimum absolute atomic E-state index is 0.0407. The van der Waals surface area contributed by atoms with Crippen LogP contribution in [-0.2, 0) is 4.79 Å². The zero-order chi connectivity index (χ0) is 20.2. The lowest BCUT2D eigenvalue weighted by atomic mass is 10.00. The molecule has 1 aliphatic heterocycles. The number of hydrogen-bond acceptors (Lipinski definition) is 5. The summed E-state index contributed by atoms with van der Waals surface area (Å²) in [6, 6.07) is 14.4. The lowest BCUT2D eigenvalue weighted by Gasteiger charge is -2.35. The van der Waals surface area contributed by atoms with Gasteiger partial charge in [-0.1, -0.05) is 54.1 Å². The molecule has 1 amide bonds. The summed E-state index contributed by atoms with van der Waals surface area (Å²) in [5.41, 5.74) is 1.14. The van der Waals surface area contributed by atoms with Crippen molar-refractivity contribution in [2.24, 2.45) is 0 Å². The average Bonchev–Trinajstić information content (AvgIpc) is 2.74. The predicted octanol–water partition coefficient (Wildman–Crippen LogP) is 3.28. The smallest absolute Gasteiger partial charge is 0.234 e. The van der Waals surface area contributed by atoms with Crippen molar-refractivity contribution in [1.82, 2.24) is 20.2 Å². The van der Waals surface area contributed by atoms with E-state index in [-0.39, 0.29) is 11.9 Å². The number of carbonyl (C=O) groups excluding carboxylic acids is 1. The van der Waals surface area contributed by atoms with E-state index >= 15 is 0 Å². The lowest BCUT2D eigenvalue weighted by molar-refractivity contribution is -0.123. The summed E-state index contributed by atoms with van der Waals surface area (Å²) in [6.45, 7) is 5.56. The largest absolute Gasteiger partial charge is 0.353 e. The second-order valence-electron chi connectivity index (χ2n) is 7.32. The number of halogens is 1. The number of piperazine rings is 1. The zero-order valence-corrected chi connectivity index (χ0v) is 17.1. The second-order valence-corrected chi connectivity index (χ2v) is 7.72. The Kier molecular flexibility index (Phi) is 5.92. The third-order valence-electron chi connectivity index (χ3n) is 5.35. The second kappa shape index (κ2) is 8.76. The van der Waals surface area contributed by atoms with Crippen LogP contribution in [0.2, 0.25) is 5.02 Å². The summed E-state index contributed by atoms with van der Waals surface area (Å²) in [4.78, 5) is 25.1. The quantitative estimate of drug-likeness (QED) is 0.700. The van der Waals surface area contributed by atoms with Gasteiger partial charge in [0.15, 0.2) is 5.82 Å². The van der Waals surface area contributed by atoms with Crippen LogP contribution in [0, 0.1) is 0 Å². The Balaban J connectivity index is 1.33. The summed E-state index contributed by atoms with van der Waals surface area (Å²) >= 11 is 6.19. The van der Waals surface area contributed by atoms with Crippen molar-refractivity contribution in [1.29, 1.82) is 0 Å². The van der Waals surface area contributed by atoms with Gasteiger partial charge in [0.1, 0.15) is 11.3 Å². The average molecular weight is 410 g/mol. The highest BCUT2D eigenvalue weighted by molar-refractivity contribution is 6.32. The van der Waals surface area contributed by atoms with Crippen molar-refractivity contribution in [2.75, 3.05) is 37.6 Å². The maximum absolute atomic E-state index is 12.6. The molecule has 0 aliphatic carbocycles. The SMILES string of the molecule is C[C@@H](NC(=O)CN1CCN(c2ncncc2Cl)CC1)c1cccc2ccccc12. The summed E-state index contributed by atoms with van der Waals surface area (Å²) in [7, 11) is 0. The Morgan fingerprint density at radius 2 is 1.90 bits per heavy atom. The Hall–Kier alpha value is -2.70. The fraction of sp³-hybridized carbons (Fsp3) is 0.318. The zero-order valence-electron chi connectivity index (χ0n) is 16.4. The topological polar surface area (TPSA) is 61.4 Å². The Labute approximate surface area is 175 Å². The number of fused-ring (bicyclic) bond motifs is 1. The molecule has 29 heavy (non-hydrogen) atoms. The molecule has 0 radical (unpaired) electrons. The third-order valence-corrected chi connectivity index (χ3v) is 5.62. The van der Waals surface area contributed by atoms with Gasteiger partial charge in [0.2, 0.25) is 5.91 Å². The lowest BCUT2D eigenvalue weighted by Crippen LogP contribution is -2.50. The Bertz CT molecular complexity index is 998. The van der Waals surface area contributed by atoms with E-state index in [1.165, 1.54) is 17.1 Å². The normalized spacial score (nSPS) is 16.0. The van der Waals surface area contributed by atoms with Crippen LogP contribution in [0.5, 0.6) is 0 Å². The molecule has 3 aromatic rings. The summed E-state index contributed by atoms with van der Waals surface area (Å²) < 4.78 is 0. The number of nitrogens with one attached hydrogen (secondary N) is 1. The summed E-state index contributed by atoms with van der Waals surface area (Å²) in [6.07, 6.45) is 3.12. The van der Waals surface area contributed by atoms with E-state index in [0.717, 1.165) is 37.6 Å². The Morgan fingerprint density at radius 3 is 2.69 bits per heavy atom. The standard InChI is InChI=1S/C22H24ClN5O/c1-16(18-8-4-6-17-5-2-3-7-19(17)18)26-21(29)14-27-9-11-28(12-10-27)22-20(23)13-24-15-25-22/h2-8,13,15-16H,9-12,14H2,1H3,(H,26,29)/t16-/m1/s1. The molecule has 6 nitrogen and oxygen atoms in total. The van der Waals surface area contributed by atoms with Crippen LogP contribution < -0.4 is 10.2 Å². The predicted molar refractivity (Wildman–Crippen MR) is 116 cm³/mol. The molecule has 1 N–H and O–H groups in total. The minimum Gasteiger partial charge on any atom is -0.353 e. The number of hydrogen-bond donors (Lipinski definition) is 1. The van der Waals surface area contributed by atoms with Crippen LogP contribution in [0.15, 0.2) is 55.0 Å². The number of aromatic nitrogens is 2. The van der Waals surface area contributed by atoms with Gasteiger partial charge in [0.05, 0.1) is 18.8 Å². The fourth-order valence-corrected chi connectivity index (χ4v) is 4.08. The van der Waals surface area contributed by atoms with E-state index in [9.17, 15) is 4.79 Å². The van der Waals surface area contributed by atoms with Gasteiger partial charge in [-0.3, -0.25) is 9.69 Å². The van der Waals surface area contributed by atoms with Gasteiger partial charge < -0.3 is 10.2 Å². The van der Waals surface area contributed by atoms with Crippen molar-refractivity contribution >= 4 is 34.1 Å². The molecular weight excluding hydrogens is 386 g/mol. The molecule has 150 valence electrons. The van der Waals surface area contributed by atoms with Crippen molar-refractivity contribution in [3.63, 3.8) is 0 Å². The molecule has 1 fully saturated rings. The van der Waals surface area contributed by atoms with Gasteiger partial charge in [-0.05, 0) is 23.3 Å². The van der Waals surface area contributed by atoms with E-state index in [4.69, 9.17) is 11.6 Å². The van der Waals surface area contributed by atoms with Crippen LogP contribution in [-0.4, -0.2) is 53.5 Å². The molecule has 4 rings (SSSR count). The van der Waals surface area contributed by atoms with Crippen molar-refractivity contribution in [2.45, 2.75) is 13.0 Å². The fourth-order valence-electron chi connectivity index (χ4n) is 3.85. The highest BCUT2D eigenvalue weighted by Gasteiger charge is 2.22. The van der Waals surface area contributed by atoms with E-state index in [2.05, 4.69) is 49.4 Å². The maximum Gasteiger partial charge on any atom is 0.234 e. The maximum atomic E-state index is 12.6. The molecule has 0 unspecified atom stereocenters. The molecule has 1 aromatic heterocycles. The van der Waals surface area contributed by atoms with Gasteiger partial charge >= 0.3 is 0 Å². The van der Waals surface area contributed by atoms with E-state index in [0.29, 0.717) is 11.6 Å². The first-order valence-electron chi connectivity index (χ1n) is 9.81. The Morgan fingerprint density at radius 1 is 1.14 bits per heavy atom. The molecular formula is C22H24ClN5O. The first-order valence-corrected chi connectivity index (χ1v) is 10.2. The monoisotopic (exact) mass is 409 g/mol. The number of benzene rings is 2. The van der Waals surface area contributed by atoms with Gasteiger partial charge in [0, 0.05) is 26.2 Å². The van der Waals surface area contributed by atoms with Gasteiger partial charge in [0.25, 0.3) is 0 Å². The van der Waals surface area contributed by atoms with Crippen molar-refractivity contribution in [3.8, 4) is 0 Å². The van der Waals surface area contributed by atoms with E-state index < -0.39 is 0 Å². The van der Waals surface area contributed by atoms with Crippen molar-refractivity contribution < 1.29 is 4.79 Å². The molecule has 1 saturated heterocycles. The third kappa shape index (κ3) is 4.49. The highest BCUT2D eigenvalue weighted by Crippen LogP contribution is 2.24. The molecule has 0 bridgehead atoms. The molecule has 0 spiro atoms. The molecule has 1 aliphatic rings.